The fourth-order valence-electron chi connectivity index (χ4n) is 2.00. The van der Waals surface area contributed by atoms with Gasteiger partial charge in [-0.2, -0.15) is 0 Å². The molecular weight excluding hydrogens is 326 g/mol. The molecule has 1 aliphatic rings. The van der Waals surface area contributed by atoms with Crippen molar-refractivity contribution in [2.24, 2.45) is 0 Å². The van der Waals surface area contributed by atoms with E-state index in [4.69, 9.17) is 0 Å². The number of imide groups is 1. The van der Waals surface area contributed by atoms with Gasteiger partial charge in [-0.25, -0.2) is 0 Å². The van der Waals surface area contributed by atoms with Crippen molar-refractivity contribution >= 4 is 46.7 Å². The van der Waals surface area contributed by atoms with Gasteiger partial charge in [-0.05, 0) is 18.4 Å². The Morgan fingerprint density at radius 2 is 1.71 bits per heavy atom. The maximum Gasteiger partial charge on any atom is 0.261 e. The molecule has 0 N–H and O–H groups in total. The number of nitrogens with zero attached hydrogens (tertiary/aromatic N) is 3. The average molecular weight is 337 g/mol. The van der Waals surface area contributed by atoms with Crippen LogP contribution in [0.2, 0.25) is 0 Å². The lowest BCUT2D eigenvalue weighted by atomic mass is 10.1. The first-order valence-corrected chi connectivity index (χ1v) is 9.19. The highest BCUT2D eigenvalue weighted by Crippen LogP contribution is 2.28. The van der Waals surface area contributed by atoms with Crippen molar-refractivity contribution in [3.8, 4) is 0 Å². The zero-order valence-corrected chi connectivity index (χ0v) is 13.6. The zero-order chi connectivity index (χ0) is 14.8. The van der Waals surface area contributed by atoms with E-state index in [9.17, 15) is 9.59 Å². The number of benzene rings is 1. The quantitative estimate of drug-likeness (QED) is 0.617. The molecule has 0 aliphatic carbocycles. The molecule has 0 spiro atoms. The summed E-state index contributed by atoms with van der Waals surface area (Å²) < 4.78 is 1.77. The second-order valence-electron chi connectivity index (χ2n) is 4.19. The van der Waals surface area contributed by atoms with Gasteiger partial charge < -0.3 is 0 Å². The van der Waals surface area contributed by atoms with E-state index in [-0.39, 0.29) is 11.8 Å². The maximum absolute atomic E-state index is 12.2. The molecule has 0 bridgehead atoms. The minimum Gasteiger partial charge on any atom is -0.273 e. The van der Waals surface area contributed by atoms with Crippen LogP contribution in [0, 0.1) is 0 Å². The second-order valence-corrected chi connectivity index (χ2v) is 7.57. The number of carbonyl (C=O) groups is 2. The minimum atomic E-state index is -0.210. The minimum absolute atomic E-state index is 0.210. The maximum atomic E-state index is 12.2. The molecule has 8 heteroatoms. The number of fused-ring (bicyclic) bond motifs is 1. The van der Waals surface area contributed by atoms with Gasteiger partial charge in [0.05, 0.1) is 11.1 Å². The van der Waals surface area contributed by atoms with Crippen LogP contribution in [-0.4, -0.2) is 45.5 Å². The predicted octanol–water partition coefficient (Wildman–Crippen LogP) is 2.65. The lowest BCUT2D eigenvalue weighted by Gasteiger charge is -2.12. The van der Waals surface area contributed by atoms with E-state index in [2.05, 4.69) is 10.2 Å². The summed E-state index contributed by atoms with van der Waals surface area (Å²) in [6, 6.07) is 6.93. The number of hydrogen-bond donors (Lipinski definition) is 0. The molecule has 2 heterocycles. The molecule has 21 heavy (non-hydrogen) atoms. The van der Waals surface area contributed by atoms with E-state index in [0.29, 0.717) is 23.4 Å². The smallest absolute Gasteiger partial charge is 0.261 e. The van der Waals surface area contributed by atoms with Gasteiger partial charge in [-0.3, -0.25) is 14.5 Å². The molecule has 0 atom stereocenters. The van der Waals surface area contributed by atoms with Gasteiger partial charge in [0.15, 0.2) is 8.68 Å². The monoisotopic (exact) mass is 337 g/mol. The number of amides is 2. The van der Waals surface area contributed by atoms with Gasteiger partial charge in [0.25, 0.3) is 11.8 Å². The van der Waals surface area contributed by atoms with Crippen molar-refractivity contribution in [1.29, 1.82) is 0 Å². The van der Waals surface area contributed by atoms with Crippen LogP contribution >= 0.6 is 34.9 Å². The summed E-state index contributed by atoms with van der Waals surface area (Å²) in [5.41, 5.74) is 0.987. The van der Waals surface area contributed by atoms with Gasteiger partial charge >= 0.3 is 0 Å². The largest absolute Gasteiger partial charge is 0.273 e. The SMILES string of the molecule is CSc1nnc(SCCN2C(=O)c3ccccc3C2=O)s1. The first-order chi connectivity index (χ1) is 10.2. The van der Waals surface area contributed by atoms with Crippen LogP contribution in [0.25, 0.3) is 0 Å². The topological polar surface area (TPSA) is 63.2 Å². The summed E-state index contributed by atoms with van der Waals surface area (Å²) in [5.74, 6) is 0.200. The Labute approximate surface area is 134 Å². The molecule has 2 aromatic rings. The molecule has 1 aromatic carbocycles. The molecule has 1 aromatic heterocycles. The molecule has 0 fully saturated rings. The summed E-state index contributed by atoms with van der Waals surface area (Å²) in [7, 11) is 0. The fraction of sp³-hybridized carbons (Fsp3) is 0.231. The molecule has 2 amide bonds. The Morgan fingerprint density at radius 3 is 2.29 bits per heavy atom. The molecule has 1 aliphatic heterocycles. The highest BCUT2D eigenvalue weighted by atomic mass is 32.2. The van der Waals surface area contributed by atoms with Gasteiger partial charge in [0.2, 0.25) is 0 Å². The van der Waals surface area contributed by atoms with E-state index in [0.717, 1.165) is 8.68 Å². The van der Waals surface area contributed by atoms with E-state index in [1.807, 2.05) is 6.26 Å². The van der Waals surface area contributed by atoms with Crippen molar-refractivity contribution in [2.75, 3.05) is 18.6 Å². The summed E-state index contributed by atoms with van der Waals surface area (Å²) in [6.45, 7) is 0.380. The Kier molecular flexibility index (Phi) is 4.27. The Morgan fingerprint density at radius 1 is 1.10 bits per heavy atom. The zero-order valence-electron chi connectivity index (χ0n) is 11.1. The summed E-state index contributed by atoms with van der Waals surface area (Å²) in [6.07, 6.45) is 1.95. The molecular formula is C13H11N3O2S3. The van der Waals surface area contributed by atoms with Crippen LogP contribution in [0.1, 0.15) is 20.7 Å². The van der Waals surface area contributed by atoms with Crippen molar-refractivity contribution in [2.45, 2.75) is 8.68 Å². The molecule has 0 radical (unpaired) electrons. The second kappa shape index (κ2) is 6.17. The first-order valence-electron chi connectivity index (χ1n) is 6.16. The third-order valence-corrected chi connectivity index (χ3v) is 5.99. The Bertz CT molecular complexity index is 666. The molecule has 0 saturated heterocycles. The molecule has 3 rings (SSSR count). The normalized spacial score (nSPS) is 13.9. The van der Waals surface area contributed by atoms with E-state index in [1.165, 1.54) is 28.0 Å². The average Bonchev–Trinajstić information content (AvgIpc) is 3.06. The standard InChI is InChI=1S/C13H11N3O2S3/c1-19-12-14-15-13(21-12)20-7-6-16-10(17)8-4-2-3-5-9(8)11(16)18/h2-5H,6-7H2,1H3. The van der Waals surface area contributed by atoms with Crippen LogP contribution in [-0.2, 0) is 0 Å². The van der Waals surface area contributed by atoms with Gasteiger partial charge in [0.1, 0.15) is 0 Å². The van der Waals surface area contributed by atoms with Crippen molar-refractivity contribution < 1.29 is 9.59 Å². The van der Waals surface area contributed by atoms with Crippen molar-refractivity contribution in [3.63, 3.8) is 0 Å². The lowest BCUT2D eigenvalue weighted by molar-refractivity contribution is 0.0664. The van der Waals surface area contributed by atoms with Gasteiger partial charge in [-0.1, -0.05) is 47.0 Å². The Hall–Kier alpha value is -1.38. The van der Waals surface area contributed by atoms with Crippen LogP contribution in [0.5, 0.6) is 0 Å². The summed E-state index contributed by atoms with van der Waals surface area (Å²) in [4.78, 5) is 25.6. The number of aromatic nitrogens is 2. The summed E-state index contributed by atoms with van der Waals surface area (Å²) >= 11 is 4.59. The lowest BCUT2D eigenvalue weighted by Crippen LogP contribution is -2.31. The Balaban J connectivity index is 1.62. The molecule has 0 saturated carbocycles. The van der Waals surface area contributed by atoms with Crippen LogP contribution in [0.3, 0.4) is 0 Å². The van der Waals surface area contributed by atoms with E-state index >= 15 is 0 Å². The highest BCUT2D eigenvalue weighted by molar-refractivity contribution is 8.02. The van der Waals surface area contributed by atoms with Crippen molar-refractivity contribution in [1.82, 2.24) is 15.1 Å². The third kappa shape index (κ3) is 2.83. The predicted molar refractivity (Wildman–Crippen MR) is 84.2 cm³/mol. The number of carbonyl (C=O) groups excluding carboxylic acids is 2. The highest BCUT2D eigenvalue weighted by Gasteiger charge is 2.34. The van der Waals surface area contributed by atoms with Crippen LogP contribution < -0.4 is 0 Å². The molecule has 0 unspecified atom stereocenters. The van der Waals surface area contributed by atoms with Crippen LogP contribution in [0.15, 0.2) is 32.9 Å². The number of hydrogen-bond acceptors (Lipinski definition) is 7. The van der Waals surface area contributed by atoms with Gasteiger partial charge in [-0.15, -0.1) is 10.2 Å². The first kappa shape index (κ1) is 14.6. The summed E-state index contributed by atoms with van der Waals surface area (Å²) in [5, 5.41) is 8.06. The van der Waals surface area contributed by atoms with Crippen molar-refractivity contribution in [3.05, 3.63) is 35.4 Å². The van der Waals surface area contributed by atoms with E-state index in [1.54, 1.807) is 36.0 Å². The van der Waals surface area contributed by atoms with Gasteiger partial charge in [0, 0.05) is 12.3 Å². The number of thioether (sulfide) groups is 2. The molecule has 108 valence electrons. The van der Waals surface area contributed by atoms with E-state index < -0.39 is 0 Å². The molecule has 5 nitrogen and oxygen atoms in total. The van der Waals surface area contributed by atoms with Crippen LogP contribution in [0.4, 0.5) is 0 Å². The fourth-order valence-corrected chi connectivity index (χ4v) is 4.44. The number of rotatable bonds is 5. The third-order valence-electron chi connectivity index (χ3n) is 2.98.